The molecule has 0 radical (unpaired) electrons. The van der Waals surface area contributed by atoms with E-state index in [9.17, 15) is 18.0 Å². The molecule has 0 unspecified atom stereocenters. The number of aromatic nitrogens is 2. The van der Waals surface area contributed by atoms with Gasteiger partial charge >= 0.3 is 6.18 Å². The maximum atomic E-state index is 12.7. The van der Waals surface area contributed by atoms with Gasteiger partial charge in [0.05, 0.1) is 22.6 Å². The minimum Gasteiger partial charge on any atom is -0.338 e. The Balaban J connectivity index is 1.76. The lowest BCUT2D eigenvalue weighted by Crippen LogP contribution is -2.45. The molecule has 0 saturated carbocycles. The van der Waals surface area contributed by atoms with Gasteiger partial charge < -0.3 is 15.1 Å². The van der Waals surface area contributed by atoms with Gasteiger partial charge in [-0.2, -0.15) is 13.2 Å². The highest BCUT2D eigenvalue weighted by molar-refractivity contribution is 6.04. The zero-order valence-electron chi connectivity index (χ0n) is 16.0. The molecule has 1 fully saturated rings. The van der Waals surface area contributed by atoms with Gasteiger partial charge in [0.2, 0.25) is 5.95 Å². The molecule has 1 saturated heterocycles. The van der Waals surface area contributed by atoms with Gasteiger partial charge in [-0.15, -0.1) is 0 Å². The molecule has 1 aliphatic rings. The quantitative estimate of drug-likeness (QED) is 0.868. The maximum Gasteiger partial charge on any atom is 0.416 e. The van der Waals surface area contributed by atoms with Crippen molar-refractivity contribution >= 4 is 17.5 Å². The van der Waals surface area contributed by atoms with E-state index >= 15 is 0 Å². The molecule has 0 aliphatic carbocycles. The van der Waals surface area contributed by atoms with Gasteiger partial charge in [-0.25, -0.2) is 9.97 Å². The normalized spacial score (nSPS) is 15.6. The number of carbonyl (C=O) groups excluding carboxylic acids is 1. The number of nitrogens with one attached hydrogen (secondary N) is 1. The number of amides is 1. The Kier molecular flexibility index (Phi) is 5.55. The van der Waals surface area contributed by atoms with Crippen molar-refractivity contribution in [3.8, 4) is 0 Å². The van der Waals surface area contributed by atoms with E-state index in [2.05, 4.69) is 32.1 Å². The molecule has 1 amide bonds. The van der Waals surface area contributed by atoms with Crippen molar-refractivity contribution < 1.29 is 18.0 Å². The molecule has 1 aromatic heterocycles. The third-order valence-electron chi connectivity index (χ3n) is 4.76. The van der Waals surface area contributed by atoms with Crippen LogP contribution < -0.4 is 10.2 Å². The smallest absolute Gasteiger partial charge is 0.338 e. The summed E-state index contributed by atoms with van der Waals surface area (Å²) in [5.74, 6) is 0.117. The Hall–Kier alpha value is -2.68. The van der Waals surface area contributed by atoms with Crippen LogP contribution in [0.5, 0.6) is 0 Å². The van der Waals surface area contributed by atoms with Crippen LogP contribution in [0.15, 0.2) is 24.3 Å². The summed E-state index contributed by atoms with van der Waals surface area (Å²) in [7, 11) is 2.06. The number of hydrogen-bond donors (Lipinski definition) is 1. The fourth-order valence-corrected chi connectivity index (χ4v) is 3.02. The maximum absolute atomic E-state index is 12.7. The first-order valence-corrected chi connectivity index (χ1v) is 8.92. The van der Waals surface area contributed by atoms with Crippen molar-refractivity contribution in [2.24, 2.45) is 0 Å². The predicted molar refractivity (Wildman–Crippen MR) is 101 cm³/mol. The minimum atomic E-state index is -4.44. The van der Waals surface area contributed by atoms with Crippen molar-refractivity contribution in [3.63, 3.8) is 0 Å². The highest BCUT2D eigenvalue weighted by atomic mass is 19.4. The summed E-state index contributed by atoms with van der Waals surface area (Å²) in [6.45, 7) is 7.05. The lowest BCUT2D eigenvalue weighted by atomic mass is 10.1. The van der Waals surface area contributed by atoms with Gasteiger partial charge in [0.25, 0.3) is 5.91 Å². The van der Waals surface area contributed by atoms with Crippen LogP contribution in [0.1, 0.15) is 27.3 Å². The van der Waals surface area contributed by atoms with Crippen molar-refractivity contribution in [1.82, 2.24) is 14.9 Å². The number of piperazine rings is 1. The third-order valence-corrected chi connectivity index (χ3v) is 4.76. The third kappa shape index (κ3) is 4.41. The van der Waals surface area contributed by atoms with E-state index in [1.807, 2.05) is 0 Å². The molecule has 2 heterocycles. The molecule has 28 heavy (non-hydrogen) atoms. The van der Waals surface area contributed by atoms with E-state index in [-0.39, 0.29) is 5.56 Å². The molecule has 2 aromatic rings. The lowest BCUT2D eigenvalue weighted by Gasteiger charge is -2.32. The van der Waals surface area contributed by atoms with Crippen LogP contribution >= 0.6 is 0 Å². The summed E-state index contributed by atoms with van der Waals surface area (Å²) < 4.78 is 38.0. The number of aryl methyl sites for hydroxylation is 2. The van der Waals surface area contributed by atoms with E-state index in [0.29, 0.717) is 23.0 Å². The van der Waals surface area contributed by atoms with Crippen molar-refractivity contribution in [2.75, 3.05) is 43.4 Å². The number of rotatable bonds is 3. The molecule has 1 N–H and O–H groups in total. The van der Waals surface area contributed by atoms with Gasteiger partial charge in [0.15, 0.2) is 0 Å². The standard InChI is InChI=1S/C19H22F3N5O/c1-12-16(13(2)24-18(23-12)27-10-8-26(3)9-11-27)25-17(28)14-4-6-15(7-5-14)19(20,21)22/h4-7H,8-11H2,1-3H3,(H,25,28). The fourth-order valence-electron chi connectivity index (χ4n) is 3.02. The van der Waals surface area contributed by atoms with E-state index in [4.69, 9.17) is 0 Å². The highest BCUT2D eigenvalue weighted by Crippen LogP contribution is 2.29. The van der Waals surface area contributed by atoms with Gasteiger partial charge in [-0.1, -0.05) is 0 Å². The van der Waals surface area contributed by atoms with Crippen LogP contribution in [-0.4, -0.2) is 54.0 Å². The molecule has 0 bridgehead atoms. The molecule has 1 aliphatic heterocycles. The van der Waals surface area contributed by atoms with Gasteiger partial charge in [0.1, 0.15) is 0 Å². The van der Waals surface area contributed by atoms with Crippen LogP contribution in [0.25, 0.3) is 0 Å². The van der Waals surface area contributed by atoms with E-state index < -0.39 is 17.6 Å². The van der Waals surface area contributed by atoms with Crippen LogP contribution in [0.3, 0.4) is 0 Å². The highest BCUT2D eigenvalue weighted by Gasteiger charge is 2.30. The van der Waals surface area contributed by atoms with Crippen LogP contribution in [0, 0.1) is 13.8 Å². The average Bonchev–Trinajstić information content (AvgIpc) is 2.64. The molecule has 1 aromatic carbocycles. The van der Waals surface area contributed by atoms with Crippen LogP contribution in [0.2, 0.25) is 0 Å². The molecule has 9 heteroatoms. The fraction of sp³-hybridized carbons (Fsp3) is 0.421. The first-order chi connectivity index (χ1) is 13.1. The number of nitrogens with zero attached hydrogens (tertiary/aromatic N) is 4. The second-order valence-corrected chi connectivity index (χ2v) is 6.89. The first-order valence-electron chi connectivity index (χ1n) is 8.92. The van der Waals surface area contributed by atoms with Crippen molar-refractivity contribution in [2.45, 2.75) is 20.0 Å². The zero-order valence-corrected chi connectivity index (χ0v) is 16.0. The zero-order chi connectivity index (χ0) is 20.5. The largest absolute Gasteiger partial charge is 0.416 e. The van der Waals surface area contributed by atoms with Crippen molar-refractivity contribution in [3.05, 3.63) is 46.8 Å². The summed E-state index contributed by atoms with van der Waals surface area (Å²) in [5.41, 5.74) is 1.04. The molecule has 150 valence electrons. The summed E-state index contributed by atoms with van der Waals surface area (Å²) in [6, 6.07) is 4.09. The van der Waals surface area contributed by atoms with Crippen LogP contribution in [0.4, 0.5) is 24.8 Å². The summed E-state index contributed by atoms with van der Waals surface area (Å²) in [5, 5.41) is 2.72. The minimum absolute atomic E-state index is 0.134. The Morgan fingerprint density at radius 2 is 1.54 bits per heavy atom. The molecule has 0 spiro atoms. The number of alkyl halides is 3. The molecule has 3 rings (SSSR count). The van der Waals surface area contributed by atoms with E-state index in [1.54, 1.807) is 13.8 Å². The van der Waals surface area contributed by atoms with Crippen molar-refractivity contribution in [1.29, 1.82) is 0 Å². The van der Waals surface area contributed by atoms with E-state index in [1.165, 1.54) is 0 Å². The average molecular weight is 393 g/mol. The Morgan fingerprint density at radius 3 is 2.04 bits per heavy atom. The van der Waals surface area contributed by atoms with Gasteiger partial charge in [0, 0.05) is 31.7 Å². The summed E-state index contributed by atoms with van der Waals surface area (Å²) >= 11 is 0. The first kappa shape index (κ1) is 20.1. The lowest BCUT2D eigenvalue weighted by molar-refractivity contribution is -0.137. The van der Waals surface area contributed by atoms with E-state index in [0.717, 1.165) is 50.4 Å². The summed E-state index contributed by atoms with van der Waals surface area (Å²) in [6.07, 6.45) is -4.44. The number of halogens is 3. The number of benzene rings is 1. The van der Waals surface area contributed by atoms with Gasteiger partial charge in [-0.05, 0) is 45.2 Å². The summed E-state index contributed by atoms with van der Waals surface area (Å²) in [4.78, 5) is 25.8. The topological polar surface area (TPSA) is 61.4 Å². The number of hydrogen-bond acceptors (Lipinski definition) is 5. The molecule has 6 nitrogen and oxygen atoms in total. The van der Waals surface area contributed by atoms with Crippen LogP contribution in [-0.2, 0) is 6.18 Å². The SMILES string of the molecule is Cc1nc(N2CCN(C)CC2)nc(C)c1NC(=O)c1ccc(C(F)(F)F)cc1. The van der Waals surface area contributed by atoms with Gasteiger partial charge in [-0.3, -0.25) is 4.79 Å². The second kappa shape index (κ2) is 7.75. The predicted octanol–water partition coefficient (Wildman–Crippen LogP) is 3.12. The number of likely N-dealkylation sites (N-methyl/N-ethyl adjacent to an activating group) is 1. The second-order valence-electron chi connectivity index (χ2n) is 6.89. The number of anilines is 2. The molecular formula is C19H22F3N5O. The molecular weight excluding hydrogens is 371 g/mol. The number of carbonyl (C=O) groups is 1. The Bertz CT molecular complexity index is 836. The Morgan fingerprint density at radius 1 is 1.00 bits per heavy atom. The molecule has 0 atom stereocenters. The Labute approximate surface area is 161 Å². The monoisotopic (exact) mass is 393 g/mol.